The van der Waals surface area contributed by atoms with Gasteiger partial charge >= 0.3 is 0 Å². The Morgan fingerprint density at radius 1 is 1.06 bits per heavy atom. The molecule has 36 heavy (non-hydrogen) atoms. The van der Waals surface area contributed by atoms with Crippen LogP contribution in [0.2, 0.25) is 5.02 Å². The van der Waals surface area contributed by atoms with Crippen LogP contribution in [-0.4, -0.2) is 60.2 Å². The number of alkyl halides is 2. The molecule has 0 spiro atoms. The van der Waals surface area contributed by atoms with Crippen molar-refractivity contribution in [1.82, 2.24) is 10.2 Å². The molecule has 2 saturated heterocycles. The predicted octanol–water partition coefficient (Wildman–Crippen LogP) is 5.52. The number of anilines is 1. The van der Waals surface area contributed by atoms with E-state index in [1.54, 1.807) is 36.2 Å². The third-order valence-electron chi connectivity index (χ3n) is 6.82. The van der Waals surface area contributed by atoms with E-state index in [2.05, 4.69) is 20.4 Å². The highest BCUT2D eigenvalue weighted by Crippen LogP contribution is 2.35. The van der Waals surface area contributed by atoms with Gasteiger partial charge in [-0.2, -0.15) is 10.2 Å². The first-order valence-corrected chi connectivity index (χ1v) is 13.1. The number of hydrogen-bond acceptors (Lipinski definition) is 6. The van der Waals surface area contributed by atoms with Gasteiger partial charge in [0.25, 0.3) is 6.43 Å². The number of nitrogens with one attached hydrogen (secondary N) is 1. The Balaban J connectivity index is 1.30. The number of likely N-dealkylation sites (tertiary alicyclic amines) is 1. The largest absolute Gasteiger partial charge is 0.314 e. The van der Waals surface area contributed by atoms with Crippen LogP contribution in [0.3, 0.4) is 0 Å². The van der Waals surface area contributed by atoms with Crippen molar-refractivity contribution in [2.45, 2.75) is 43.5 Å². The van der Waals surface area contributed by atoms with Gasteiger partial charge in [-0.1, -0.05) is 23.7 Å². The molecule has 2 aromatic rings. The first-order valence-electron chi connectivity index (χ1n) is 11.9. The monoisotopic (exact) mass is 539 g/mol. The molecule has 0 aliphatic carbocycles. The minimum Gasteiger partial charge on any atom is -0.314 e. The van der Waals surface area contributed by atoms with Gasteiger partial charge in [0.2, 0.25) is 0 Å². The Hall–Kier alpha value is -2.14. The topological polar surface area (TPSA) is 43.2 Å². The molecular weight excluding hydrogens is 514 g/mol. The van der Waals surface area contributed by atoms with Crippen LogP contribution in [0.4, 0.5) is 23.2 Å². The SMILES string of the molecule is Fc1ccc(N(Cc2ccc(C3=NN=C(C(F)F)C3)cc2F)SC2CCN(C3CNC3)CC2)cc1Cl. The van der Waals surface area contributed by atoms with Crippen LogP contribution in [0, 0.1) is 11.6 Å². The Labute approximate surface area is 216 Å². The van der Waals surface area contributed by atoms with Gasteiger partial charge in [-0.25, -0.2) is 17.6 Å². The van der Waals surface area contributed by atoms with Crippen molar-refractivity contribution in [2.75, 3.05) is 30.5 Å². The Kier molecular flexibility index (Phi) is 7.85. The summed E-state index contributed by atoms with van der Waals surface area (Å²) in [5.41, 5.74) is 1.55. The molecule has 192 valence electrons. The zero-order valence-corrected chi connectivity index (χ0v) is 21.0. The minimum atomic E-state index is -2.68. The molecule has 0 amide bonds. The van der Waals surface area contributed by atoms with E-state index in [-0.39, 0.29) is 23.7 Å². The van der Waals surface area contributed by atoms with Crippen molar-refractivity contribution in [3.8, 4) is 0 Å². The average Bonchev–Trinajstić information content (AvgIpc) is 3.32. The van der Waals surface area contributed by atoms with Gasteiger partial charge in [-0.05, 0) is 62.1 Å². The Morgan fingerprint density at radius 2 is 1.83 bits per heavy atom. The molecule has 0 atom stereocenters. The standard InChI is InChI=1S/C25H26ClF4N5S/c26-20-10-17(3-4-21(20)27)35(36-19-5-7-34(8-6-19)18-12-31-13-18)14-16-2-1-15(9-22(16)28)23-11-24(25(29)30)33-32-23/h1-4,9-10,18-19,25,31H,5-8,11-14H2. The number of nitrogens with zero attached hydrogens (tertiary/aromatic N) is 4. The summed E-state index contributed by atoms with van der Waals surface area (Å²) in [6, 6.07) is 9.75. The van der Waals surface area contributed by atoms with Gasteiger partial charge in [-0.15, -0.1) is 0 Å². The zero-order valence-electron chi connectivity index (χ0n) is 19.4. The average molecular weight is 540 g/mol. The molecule has 0 bridgehead atoms. The lowest BCUT2D eigenvalue weighted by molar-refractivity contribution is 0.123. The van der Waals surface area contributed by atoms with Crippen LogP contribution in [0.15, 0.2) is 46.6 Å². The van der Waals surface area contributed by atoms with Crippen LogP contribution >= 0.6 is 23.5 Å². The van der Waals surface area contributed by atoms with Crippen LogP contribution in [0.25, 0.3) is 0 Å². The molecule has 0 unspecified atom stereocenters. The number of piperidine rings is 1. The van der Waals surface area contributed by atoms with Gasteiger partial charge in [-0.3, -0.25) is 4.90 Å². The van der Waals surface area contributed by atoms with Crippen LogP contribution in [0.5, 0.6) is 0 Å². The van der Waals surface area contributed by atoms with Crippen molar-refractivity contribution in [3.05, 3.63) is 64.2 Å². The van der Waals surface area contributed by atoms with E-state index in [0.29, 0.717) is 33.8 Å². The lowest BCUT2D eigenvalue weighted by atomic mass is 10.0. The number of rotatable bonds is 8. The number of benzene rings is 2. The van der Waals surface area contributed by atoms with Crippen LogP contribution < -0.4 is 9.62 Å². The van der Waals surface area contributed by atoms with Gasteiger partial charge in [0, 0.05) is 47.6 Å². The molecule has 0 saturated carbocycles. The fourth-order valence-electron chi connectivity index (χ4n) is 4.54. The third-order valence-corrected chi connectivity index (χ3v) is 8.47. The van der Waals surface area contributed by atoms with Crippen molar-refractivity contribution in [2.24, 2.45) is 10.2 Å². The maximum atomic E-state index is 15.2. The van der Waals surface area contributed by atoms with Crippen molar-refractivity contribution in [3.63, 3.8) is 0 Å². The first-order chi connectivity index (χ1) is 17.4. The van der Waals surface area contributed by atoms with E-state index in [1.165, 1.54) is 12.1 Å². The van der Waals surface area contributed by atoms with E-state index in [4.69, 9.17) is 11.6 Å². The fourth-order valence-corrected chi connectivity index (χ4v) is 5.95. The Morgan fingerprint density at radius 3 is 2.44 bits per heavy atom. The molecule has 2 aromatic carbocycles. The summed E-state index contributed by atoms with van der Waals surface area (Å²) < 4.78 is 56.7. The molecule has 3 heterocycles. The summed E-state index contributed by atoms with van der Waals surface area (Å²) in [6.07, 6.45) is -0.774. The molecule has 5 nitrogen and oxygen atoms in total. The molecule has 0 radical (unpaired) electrons. The number of hydrogen-bond donors (Lipinski definition) is 1. The molecule has 3 aliphatic heterocycles. The zero-order chi connectivity index (χ0) is 25.2. The van der Waals surface area contributed by atoms with Gasteiger partial charge in [0.15, 0.2) is 0 Å². The van der Waals surface area contributed by atoms with E-state index in [0.717, 1.165) is 39.0 Å². The fraction of sp³-hybridized carbons (Fsp3) is 0.440. The summed E-state index contributed by atoms with van der Waals surface area (Å²) in [7, 11) is 0. The van der Waals surface area contributed by atoms with E-state index in [1.807, 2.05) is 4.31 Å². The van der Waals surface area contributed by atoms with Crippen LogP contribution in [0.1, 0.15) is 30.4 Å². The summed E-state index contributed by atoms with van der Waals surface area (Å²) in [6.45, 7) is 4.33. The second kappa shape index (κ2) is 11.1. The maximum Gasteiger partial charge on any atom is 0.278 e. The quantitative estimate of drug-likeness (QED) is 0.354. The first kappa shape index (κ1) is 25.5. The highest BCUT2D eigenvalue weighted by molar-refractivity contribution is 8.01. The minimum absolute atomic E-state index is 0.00954. The maximum absolute atomic E-state index is 15.2. The normalized spacial score (nSPS) is 19.4. The Bertz CT molecular complexity index is 1170. The van der Waals surface area contributed by atoms with Gasteiger partial charge in [0.05, 0.1) is 17.3 Å². The molecule has 3 aliphatic rings. The smallest absolute Gasteiger partial charge is 0.278 e. The molecule has 11 heteroatoms. The van der Waals surface area contributed by atoms with Crippen molar-refractivity contribution < 1.29 is 17.6 Å². The predicted molar refractivity (Wildman–Crippen MR) is 137 cm³/mol. The van der Waals surface area contributed by atoms with Gasteiger partial charge in [0.1, 0.15) is 17.3 Å². The lowest BCUT2D eigenvalue weighted by Crippen LogP contribution is -2.59. The van der Waals surface area contributed by atoms with E-state index < -0.39 is 18.1 Å². The van der Waals surface area contributed by atoms with Gasteiger partial charge < -0.3 is 9.62 Å². The highest BCUT2D eigenvalue weighted by Gasteiger charge is 2.30. The second-order valence-corrected chi connectivity index (χ2v) is 10.9. The number of halogens is 5. The van der Waals surface area contributed by atoms with E-state index >= 15 is 4.39 Å². The molecule has 0 aromatic heterocycles. The van der Waals surface area contributed by atoms with Crippen molar-refractivity contribution in [1.29, 1.82) is 0 Å². The highest BCUT2D eigenvalue weighted by atomic mass is 35.5. The summed E-state index contributed by atoms with van der Waals surface area (Å²) in [5, 5.41) is 11.0. The lowest BCUT2D eigenvalue weighted by Gasteiger charge is -2.42. The molecule has 5 rings (SSSR count). The molecular formula is C25H26ClF4N5S. The van der Waals surface area contributed by atoms with Crippen molar-refractivity contribution >= 4 is 40.7 Å². The summed E-state index contributed by atoms with van der Waals surface area (Å²) in [5.74, 6) is -0.974. The summed E-state index contributed by atoms with van der Waals surface area (Å²) in [4.78, 5) is 2.51. The molecule has 1 N–H and O–H groups in total. The van der Waals surface area contributed by atoms with E-state index in [9.17, 15) is 13.2 Å². The van der Waals surface area contributed by atoms with Crippen LogP contribution in [-0.2, 0) is 6.54 Å². The second-order valence-electron chi connectivity index (χ2n) is 9.21. The summed E-state index contributed by atoms with van der Waals surface area (Å²) >= 11 is 7.69. The molecule has 2 fully saturated rings. The third kappa shape index (κ3) is 5.72.